The van der Waals surface area contributed by atoms with Crippen molar-refractivity contribution in [2.45, 2.75) is 25.9 Å². The van der Waals surface area contributed by atoms with E-state index in [1.54, 1.807) is 6.07 Å². The van der Waals surface area contributed by atoms with Crippen molar-refractivity contribution in [3.8, 4) is 0 Å². The van der Waals surface area contributed by atoms with Crippen LogP contribution in [-0.2, 0) is 9.53 Å². The van der Waals surface area contributed by atoms with Gasteiger partial charge in [0.15, 0.2) is 6.04 Å². The molecule has 1 atom stereocenters. The molecule has 0 aromatic carbocycles. The fourth-order valence-corrected chi connectivity index (χ4v) is 1.84. The Hall–Kier alpha value is -1.82. The number of aromatic nitrogens is 1. The zero-order valence-electron chi connectivity index (χ0n) is 10.6. The first-order valence-corrected chi connectivity index (χ1v) is 6.21. The molecule has 0 fully saturated rings. The number of aliphatic imine (C=N–C) groups is 1. The van der Waals surface area contributed by atoms with Crippen LogP contribution in [-0.4, -0.2) is 40.6 Å². The number of hydrogen-bond donors (Lipinski definition) is 2. The Morgan fingerprint density at radius 3 is 2.95 bits per heavy atom. The highest BCUT2D eigenvalue weighted by Crippen LogP contribution is 2.23. The summed E-state index contributed by atoms with van der Waals surface area (Å²) in [4.78, 5) is 18.9. The Bertz CT molecular complexity index is 531. The lowest BCUT2D eigenvalue weighted by Crippen LogP contribution is -2.18. The lowest BCUT2D eigenvalue weighted by Gasteiger charge is -2.14. The van der Waals surface area contributed by atoms with Gasteiger partial charge in [-0.3, -0.25) is 0 Å². The molecular weight excluding hydrogens is 270 g/mol. The standard InChI is InChI=1S/C12H14ClN3O3/c1-6(2)15-8-3-10(13)14-4-7(8)11-16-9(5-19-11)12(17)18/h3-4,6,9H,5H2,1-2H3,(H,14,15)(H,17,18). The largest absolute Gasteiger partial charge is 0.480 e. The Labute approximate surface area is 115 Å². The molecule has 2 N–H and O–H groups in total. The molecule has 1 unspecified atom stereocenters. The van der Waals surface area contributed by atoms with Gasteiger partial charge in [0.25, 0.3) is 0 Å². The maximum Gasteiger partial charge on any atom is 0.332 e. The second-order valence-corrected chi connectivity index (χ2v) is 4.84. The molecule has 19 heavy (non-hydrogen) atoms. The number of pyridine rings is 1. The minimum Gasteiger partial charge on any atom is -0.480 e. The molecule has 0 saturated heterocycles. The van der Waals surface area contributed by atoms with Crippen molar-refractivity contribution in [3.63, 3.8) is 0 Å². The maximum atomic E-state index is 10.9. The predicted molar refractivity (Wildman–Crippen MR) is 71.9 cm³/mol. The van der Waals surface area contributed by atoms with Gasteiger partial charge in [0.1, 0.15) is 11.8 Å². The van der Waals surface area contributed by atoms with Crippen LogP contribution in [0.4, 0.5) is 5.69 Å². The number of nitrogens with zero attached hydrogens (tertiary/aromatic N) is 2. The minimum atomic E-state index is -1.00. The zero-order chi connectivity index (χ0) is 14.0. The van der Waals surface area contributed by atoms with Crippen molar-refractivity contribution in [1.29, 1.82) is 0 Å². The number of hydrogen-bond acceptors (Lipinski definition) is 5. The number of carboxylic acids is 1. The van der Waals surface area contributed by atoms with Crippen LogP contribution in [0.1, 0.15) is 19.4 Å². The number of halogens is 1. The average molecular weight is 284 g/mol. The molecule has 2 rings (SSSR count). The Kier molecular flexibility index (Phi) is 3.90. The number of nitrogens with one attached hydrogen (secondary N) is 1. The topological polar surface area (TPSA) is 83.8 Å². The van der Waals surface area contributed by atoms with Crippen LogP contribution in [0.2, 0.25) is 5.15 Å². The average Bonchev–Trinajstić information content (AvgIpc) is 2.77. The van der Waals surface area contributed by atoms with E-state index in [4.69, 9.17) is 21.4 Å². The van der Waals surface area contributed by atoms with E-state index in [0.29, 0.717) is 10.7 Å². The van der Waals surface area contributed by atoms with Crippen LogP contribution in [0.3, 0.4) is 0 Å². The van der Waals surface area contributed by atoms with Crippen LogP contribution in [0, 0.1) is 0 Å². The highest BCUT2D eigenvalue weighted by atomic mass is 35.5. The zero-order valence-corrected chi connectivity index (χ0v) is 11.3. The van der Waals surface area contributed by atoms with Gasteiger partial charge in [0, 0.05) is 12.2 Å². The molecular formula is C12H14ClN3O3. The Balaban J connectivity index is 2.34. The summed E-state index contributed by atoms with van der Waals surface area (Å²) in [5, 5.41) is 12.4. The van der Waals surface area contributed by atoms with E-state index < -0.39 is 12.0 Å². The van der Waals surface area contributed by atoms with E-state index in [9.17, 15) is 4.79 Å². The van der Waals surface area contributed by atoms with Gasteiger partial charge in [0.2, 0.25) is 5.90 Å². The quantitative estimate of drug-likeness (QED) is 0.823. The fraction of sp³-hybridized carbons (Fsp3) is 0.417. The van der Waals surface area contributed by atoms with Crippen molar-refractivity contribution in [2.24, 2.45) is 4.99 Å². The molecule has 2 heterocycles. The first kappa shape index (κ1) is 13.6. The summed E-state index contributed by atoms with van der Waals surface area (Å²) in [6, 6.07) is 0.990. The molecule has 1 aliphatic heterocycles. The number of carbonyl (C=O) groups is 1. The maximum absolute atomic E-state index is 10.9. The minimum absolute atomic E-state index is 0.0361. The van der Waals surface area contributed by atoms with Gasteiger partial charge < -0.3 is 15.2 Å². The van der Waals surface area contributed by atoms with Crippen molar-refractivity contribution in [3.05, 3.63) is 23.0 Å². The fourth-order valence-electron chi connectivity index (χ4n) is 1.68. The molecule has 6 nitrogen and oxygen atoms in total. The summed E-state index contributed by atoms with van der Waals surface area (Å²) >= 11 is 5.86. The van der Waals surface area contributed by atoms with Gasteiger partial charge in [-0.05, 0) is 19.9 Å². The predicted octanol–water partition coefficient (Wildman–Crippen LogP) is 1.79. The van der Waals surface area contributed by atoms with Crippen LogP contribution in [0.5, 0.6) is 0 Å². The van der Waals surface area contributed by atoms with Crippen molar-refractivity contribution < 1.29 is 14.6 Å². The third kappa shape index (κ3) is 3.14. The number of anilines is 1. The lowest BCUT2D eigenvalue weighted by molar-refractivity contribution is -0.138. The molecule has 0 saturated carbocycles. The van der Waals surface area contributed by atoms with E-state index in [1.165, 1.54) is 6.20 Å². The molecule has 0 bridgehead atoms. The SMILES string of the molecule is CC(C)Nc1cc(Cl)ncc1C1=NC(C(=O)O)CO1. The first-order chi connectivity index (χ1) is 8.97. The summed E-state index contributed by atoms with van der Waals surface area (Å²) in [6.45, 7) is 4.00. The van der Waals surface area contributed by atoms with Crippen LogP contribution in [0.15, 0.2) is 17.3 Å². The first-order valence-electron chi connectivity index (χ1n) is 5.83. The number of carboxylic acid groups (broad SMARTS) is 1. The second kappa shape index (κ2) is 5.44. The van der Waals surface area contributed by atoms with E-state index in [1.807, 2.05) is 13.8 Å². The molecule has 0 aliphatic carbocycles. The Morgan fingerprint density at radius 1 is 1.63 bits per heavy atom. The normalized spacial score (nSPS) is 18.1. The van der Waals surface area contributed by atoms with Gasteiger partial charge >= 0.3 is 5.97 Å². The summed E-state index contributed by atoms with van der Waals surface area (Å²) in [5.41, 5.74) is 1.33. The summed E-state index contributed by atoms with van der Waals surface area (Å²) in [6.07, 6.45) is 1.52. The summed E-state index contributed by atoms with van der Waals surface area (Å²) < 4.78 is 5.32. The molecule has 102 valence electrons. The number of rotatable bonds is 4. The molecule has 1 aliphatic rings. The van der Waals surface area contributed by atoms with Gasteiger partial charge in [0.05, 0.1) is 11.3 Å². The van der Waals surface area contributed by atoms with Crippen molar-refractivity contribution >= 4 is 29.2 Å². The second-order valence-electron chi connectivity index (χ2n) is 4.45. The third-order valence-electron chi connectivity index (χ3n) is 2.48. The van der Waals surface area contributed by atoms with E-state index in [2.05, 4.69) is 15.3 Å². The molecule has 0 radical (unpaired) electrons. The lowest BCUT2D eigenvalue weighted by atomic mass is 10.2. The number of ether oxygens (including phenoxy) is 1. The van der Waals surface area contributed by atoms with Gasteiger partial charge in [-0.25, -0.2) is 14.8 Å². The third-order valence-corrected chi connectivity index (χ3v) is 2.69. The van der Waals surface area contributed by atoms with Crippen molar-refractivity contribution in [2.75, 3.05) is 11.9 Å². The highest BCUT2D eigenvalue weighted by molar-refractivity contribution is 6.29. The van der Waals surface area contributed by atoms with Crippen molar-refractivity contribution in [1.82, 2.24) is 4.98 Å². The van der Waals surface area contributed by atoms with Crippen LogP contribution in [0.25, 0.3) is 0 Å². The monoisotopic (exact) mass is 283 g/mol. The van der Waals surface area contributed by atoms with Gasteiger partial charge in [-0.2, -0.15) is 0 Å². The molecule has 1 aromatic heterocycles. The smallest absolute Gasteiger partial charge is 0.332 e. The summed E-state index contributed by atoms with van der Waals surface area (Å²) in [5.74, 6) is -0.727. The van der Waals surface area contributed by atoms with E-state index >= 15 is 0 Å². The van der Waals surface area contributed by atoms with E-state index in [-0.39, 0.29) is 18.5 Å². The molecule has 7 heteroatoms. The number of aliphatic carboxylic acids is 1. The Morgan fingerprint density at radius 2 is 2.37 bits per heavy atom. The van der Waals surface area contributed by atoms with Crippen LogP contribution < -0.4 is 5.32 Å². The molecule has 0 amide bonds. The van der Waals surface area contributed by atoms with Gasteiger partial charge in [-0.1, -0.05) is 11.6 Å². The summed E-state index contributed by atoms with van der Waals surface area (Å²) in [7, 11) is 0. The molecule has 0 spiro atoms. The molecule has 1 aromatic rings. The van der Waals surface area contributed by atoms with Crippen LogP contribution >= 0.6 is 11.6 Å². The van der Waals surface area contributed by atoms with E-state index in [0.717, 1.165) is 5.69 Å². The van der Waals surface area contributed by atoms with Gasteiger partial charge in [-0.15, -0.1) is 0 Å². The highest BCUT2D eigenvalue weighted by Gasteiger charge is 2.27.